The van der Waals surface area contributed by atoms with Gasteiger partial charge in [0.15, 0.2) is 0 Å². The largest absolute Gasteiger partial charge is 0.481 e. The maximum Gasteiger partial charge on any atom is 0.320 e. The van der Waals surface area contributed by atoms with E-state index in [0.29, 0.717) is 17.0 Å². The number of rotatable bonds is 6. The van der Waals surface area contributed by atoms with Crippen LogP contribution in [-0.4, -0.2) is 40.2 Å². The second-order valence-electron chi connectivity index (χ2n) is 7.05. The Morgan fingerprint density at radius 2 is 2.19 bits per heavy atom. The van der Waals surface area contributed by atoms with Crippen molar-refractivity contribution in [2.75, 3.05) is 18.2 Å². The highest BCUT2D eigenvalue weighted by Gasteiger charge is 2.19. The average molecular weight is 422 g/mol. The molecular weight excluding hydrogens is 396 g/mol. The number of aromatic nitrogens is 2. The van der Waals surface area contributed by atoms with Gasteiger partial charge in [-0.05, 0) is 37.5 Å². The Morgan fingerprint density at radius 1 is 1.39 bits per heavy atom. The fourth-order valence-corrected chi connectivity index (χ4v) is 3.28. The van der Waals surface area contributed by atoms with Gasteiger partial charge < -0.3 is 20.9 Å². The molecule has 2 aromatic rings. The lowest BCUT2D eigenvalue weighted by molar-refractivity contribution is 0.250. The summed E-state index contributed by atoms with van der Waals surface area (Å²) in [7, 11) is 1.37. The summed E-state index contributed by atoms with van der Waals surface area (Å²) in [6.45, 7) is 1.66. The minimum Gasteiger partial charge on any atom is -0.481 e. The van der Waals surface area contributed by atoms with E-state index in [1.54, 1.807) is 12.1 Å². The third-order valence-electron chi connectivity index (χ3n) is 4.85. The van der Waals surface area contributed by atoms with Gasteiger partial charge in [-0.25, -0.2) is 9.78 Å². The molecule has 9 nitrogen and oxygen atoms in total. The minimum absolute atomic E-state index is 0.164. The summed E-state index contributed by atoms with van der Waals surface area (Å²) in [4.78, 5) is 21.1. The molecule has 1 unspecified atom stereocenters. The summed E-state index contributed by atoms with van der Waals surface area (Å²) >= 11 is 0. The third kappa shape index (κ3) is 5.26. The SMILES string of the molecule is COC(=N)c1c(N)cc(NC(=O)NC(C)C2=CCCC=C2)nc1-c1ccnc(CO)c1. The summed E-state index contributed by atoms with van der Waals surface area (Å²) in [5.74, 6) is 0.0587. The van der Waals surface area contributed by atoms with Crippen LogP contribution in [0.5, 0.6) is 0 Å². The fraction of sp³-hybridized carbons (Fsp3) is 0.273. The van der Waals surface area contributed by atoms with Crippen molar-refractivity contribution in [3.8, 4) is 11.3 Å². The summed E-state index contributed by atoms with van der Waals surface area (Å²) in [5, 5.41) is 23.1. The molecule has 0 aromatic carbocycles. The Morgan fingerprint density at radius 3 is 2.87 bits per heavy atom. The zero-order valence-corrected chi connectivity index (χ0v) is 17.5. The van der Waals surface area contributed by atoms with Crippen LogP contribution < -0.4 is 16.4 Å². The first-order valence-electron chi connectivity index (χ1n) is 9.86. The van der Waals surface area contributed by atoms with Crippen molar-refractivity contribution in [2.24, 2.45) is 0 Å². The second-order valence-corrected chi connectivity index (χ2v) is 7.05. The van der Waals surface area contributed by atoms with Crippen LogP contribution in [0.15, 0.2) is 48.2 Å². The summed E-state index contributed by atoms with van der Waals surface area (Å²) in [5.41, 5.74) is 9.10. The van der Waals surface area contributed by atoms with E-state index in [2.05, 4.69) is 32.8 Å². The Kier molecular flexibility index (Phi) is 6.99. The highest BCUT2D eigenvalue weighted by molar-refractivity contribution is 6.04. The van der Waals surface area contributed by atoms with Gasteiger partial charge in [-0.15, -0.1) is 0 Å². The van der Waals surface area contributed by atoms with Crippen molar-refractivity contribution in [3.05, 3.63) is 59.5 Å². The Balaban J connectivity index is 1.90. The van der Waals surface area contributed by atoms with Crippen LogP contribution in [0.1, 0.15) is 31.0 Å². The Bertz CT molecular complexity index is 1050. The standard InChI is InChI=1S/C22H26N6O3/c1-13(14-6-4-3-5-7-14)26-22(30)28-18-11-17(23)19(21(24)31-2)20(27-18)15-8-9-25-16(10-15)12-29/h4,6-11,13,24,29H,3,5,12H2,1-2H3,(H4,23,26,27,28,30). The van der Waals surface area contributed by atoms with Gasteiger partial charge in [0.1, 0.15) is 5.82 Å². The number of methoxy groups -OCH3 is 1. The van der Waals surface area contributed by atoms with Gasteiger partial charge in [0.2, 0.25) is 5.90 Å². The molecule has 0 saturated heterocycles. The molecule has 162 valence electrons. The highest BCUT2D eigenvalue weighted by Crippen LogP contribution is 2.29. The molecule has 2 aromatic heterocycles. The van der Waals surface area contributed by atoms with E-state index < -0.39 is 6.03 Å². The number of anilines is 2. The van der Waals surface area contributed by atoms with Crippen LogP contribution in [0.4, 0.5) is 16.3 Å². The number of aliphatic hydroxyl groups excluding tert-OH is 1. The summed E-state index contributed by atoms with van der Waals surface area (Å²) in [6, 6.07) is 4.21. The number of pyridine rings is 2. The van der Waals surface area contributed by atoms with Gasteiger partial charge in [-0.3, -0.25) is 15.7 Å². The molecule has 3 rings (SSSR count). The number of aliphatic hydroxyl groups is 1. The molecule has 0 spiro atoms. The van der Waals surface area contributed by atoms with Gasteiger partial charge in [0.25, 0.3) is 0 Å². The predicted octanol–water partition coefficient (Wildman–Crippen LogP) is 2.98. The lowest BCUT2D eigenvalue weighted by atomic mass is 10.0. The number of amides is 2. The maximum absolute atomic E-state index is 12.5. The van der Waals surface area contributed by atoms with Gasteiger partial charge in [-0.1, -0.05) is 18.2 Å². The van der Waals surface area contributed by atoms with E-state index in [-0.39, 0.29) is 35.6 Å². The first-order valence-corrected chi connectivity index (χ1v) is 9.86. The number of hydrogen-bond acceptors (Lipinski definition) is 7. The van der Waals surface area contributed by atoms with E-state index in [9.17, 15) is 9.90 Å². The molecule has 31 heavy (non-hydrogen) atoms. The van der Waals surface area contributed by atoms with Gasteiger partial charge in [-0.2, -0.15) is 0 Å². The van der Waals surface area contributed by atoms with Crippen molar-refractivity contribution in [1.82, 2.24) is 15.3 Å². The van der Waals surface area contributed by atoms with Gasteiger partial charge in [0.05, 0.1) is 42.4 Å². The van der Waals surface area contributed by atoms with Crippen molar-refractivity contribution >= 4 is 23.4 Å². The van der Waals surface area contributed by atoms with Crippen molar-refractivity contribution < 1.29 is 14.6 Å². The zero-order chi connectivity index (χ0) is 22.4. The molecule has 0 aliphatic heterocycles. The molecule has 0 radical (unpaired) electrons. The highest BCUT2D eigenvalue weighted by atomic mass is 16.5. The molecule has 1 atom stereocenters. The van der Waals surface area contributed by atoms with E-state index in [0.717, 1.165) is 18.4 Å². The quantitative estimate of drug-likeness (QED) is 0.357. The molecule has 6 N–H and O–H groups in total. The topological polar surface area (TPSA) is 146 Å². The number of nitrogen functional groups attached to an aromatic ring is 1. The molecule has 2 heterocycles. The van der Waals surface area contributed by atoms with Crippen LogP contribution in [0, 0.1) is 5.41 Å². The number of carbonyl (C=O) groups is 1. The van der Waals surface area contributed by atoms with E-state index in [4.69, 9.17) is 15.9 Å². The number of nitrogens with zero attached hydrogens (tertiary/aromatic N) is 2. The number of urea groups is 1. The number of carbonyl (C=O) groups excluding carboxylic acids is 1. The van der Waals surface area contributed by atoms with Crippen molar-refractivity contribution in [2.45, 2.75) is 32.4 Å². The molecule has 2 amide bonds. The maximum atomic E-state index is 12.5. The zero-order valence-electron chi connectivity index (χ0n) is 17.5. The number of ether oxygens (including phenoxy) is 1. The second kappa shape index (κ2) is 9.86. The third-order valence-corrected chi connectivity index (χ3v) is 4.85. The van der Waals surface area contributed by atoms with E-state index >= 15 is 0 Å². The predicted molar refractivity (Wildman–Crippen MR) is 120 cm³/mol. The van der Waals surface area contributed by atoms with Crippen molar-refractivity contribution in [3.63, 3.8) is 0 Å². The first-order chi connectivity index (χ1) is 14.9. The fourth-order valence-electron chi connectivity index (χ4n) is 3.28. The number of hydrogen-bond donors (Lipinski definition) is 5. The molecule has 1 aliphatic carbocycles. The molecule has 9 heteroatoms. The van der Waals surface area contributed by atoms with Gasteiger partial charge in [0, 0.05) is 17.8 Å². The van der Waals surface area contributed by atoms with E-state index in [1.807, 2.05) is 13.0 Å². The smallest absolute Gasteiger partial charge is 0.320 e. The lowest BCUT2D eigenvalue weighted by Crippen LogP contribution is -2.37. The van der Waals surface area contributed by atoms with Gasteiger partial charge >= 0.3 is 6.03 Å². The van der Waals surface area contributed by atoms with Crippen molar-refractivity contribution in [1.29, 1.82) is 5.41 Å². The van der Waals surface area contributed by atoms with Crippen LogP contribution >= 0.6 is 0 Å². The van der Waals surface area contributed by atoms with Crippen LogP contribution in [-0.2, 0) is 11.3 Å². The number of nitrogens with two attached hydrogens (primary N) is 1. The molecule has 0 fully saturated rings. The average Bonchev–Trinajstić information content (AvgIpc) is 2.78. The Labute approximate surface area is 180 Å². The normalized spacial score (nSPS) is 13.8. The first kappa shape index (κ1) is 22.0. The lowest BCUT2D eigenvalue weighted by Gasteiger charge is -2.19. The Hall–Kier alpha value is -3.72. The van der Waals surface area contributed by atoms with E-state index in [1.165, 1.54) is 19.4 Å². The minimum atomic E-state index is -0.425. The molecule has 0 saturated carbocycles. The number of allylic oxidation sites excluding steroid dienone is 2. The summed E-state index contributed by atoms with van der Waals surface area (Å²) < 4.78 is 5.06. The van der Waals surface area contributed by atoms with Crippen LogP contribution in [0.25, 0.3) is 11.3 Å². The monoisotopic (exact) mass is 422 g/mol. The molecular formula is C22H26N6O3. The van der Waals surface area contributed by atoms with Crippen LogP contribution in [0.2, 0.25) is 0 Å². The number of nitrogens with one attached hydrogen (secondary N) is 3. The summed E-state index contributed by atoms with van der Waals surface area (Å²) in [6.07, 6.45) is 9.68. The molecule has 0 bridgehead atoms. The molecule has 1 aliphatic rings. The van der Waals surface area contributed by atoms with Crippen LogP contribution in [0.3, 0.4) is 0 Å².